The maximum absolute atomic E-state index is 14.0. The Morgan fingerprint density at radius 2 is 1.73 bits per heavy atom. The second kappa shape index (κ2) is 10.9. The monoisotopic (exact) mass is 605 g/mol. The molecular weight excluding hydrogens is 574 g/mol. The Hall–Kier alpha value is -5.01. The molecule has 5 rings (SSSR count). The Kier molecular flexibility index (Phi) is 7.56. The van der Waals surface area contributed by atoms with Gasteiger partial charge in [-0.2, -0.15) is 0 Å². The molecule has 0 radical (unpaired) electrons. The molecule has 44 heavy (non-hydrogen) atoms. The van der Waals surface area contributed by atoms with Crippen molar-refractivity contribution in [1.82, 2.24) is 4.90 Å². The number of anilines is 1. The summed E-state index contributed by atoms with van der Waals surface area (Å²) in [6.45, 7) is 0.750. The van der Waals surface area contributed by atoms with Crippen LogP contribution < -0.4 is 11.1 Å². The van der Waals surface area contributed by atoms with Gasteiger partial charge in [0, 0.05) is 24.1 Å². The smallest absolute Gasteiger partial charge is 0.303 e. The minimum Gasteiger partial charge on any atom is -0.508 e. The van der Waals surface area contributed by atoms with E-state index in [0.717, 1.165) is 0 Å². The standard InChI is InChI=1S/C31H31N3O10/c1-13(35)44-12-21(37)33-16-6-4-14(5-7-16)17-8-9-20(36)23-18(17)10-15-11-19-25(34(2)3)27(39)24(30(32)42)29(41)31(19,43)28(40)22(15)26(23)38/h4-9,15,19,25,36,38,41,43H,10-12H2,1-3H3,(H2,32,42)(H,33,37). The molecule has 13 heteroatoms. The Morgan fingerprint density at radius 3 is 2.32 bits per heavy atom. The maximum atomic E-state index is 14.0. The molecule has 4 unspecified atom stereocenters. The second-order valence-corrected chi connectivity index (χ2v) is 11.4. The number of phenolic OH excluding ortho intramolecular Hbond substituents is 1. The van der Waals surface area contributed by atoms with E-state index >= 15 is 0 Å². The molecule has 0 spiro atoms. The molecule has 0 aromatic heterocycles. The Balaban J connectivity index is 1.57. The number of phenols is 1. The summed E-state index contributed by atoms with van der Waals surface area (Å²) >= 11 is 0. The van der Waals surface area contributed by atoms with Crippen LogP contribution in [-0.2, 0) is 35.1 Å². The number of nitrogens with two attached hydrogens (primary N) is 1. The first-order valence-corrected chi connectivity index (χ1v) is 13.7. The van der Waals surface area contributed by atoms with Crippen LogP contribution in [0.1, 0.15) is 24.5 Å². The summed E-state index contributed by atoms with van der Waals surface area (Å²) in [6.07, 6.45) is 0.0906. The molecule has 0 heterocycles. The molecule has 4 atom stereocenters. The lowest BCUT2D eigenvalue weighted by Gasteiger charge is -2.50. The SMILES string of the molecule is CC(=O)OCC(=O)Nc1ccc(-c2ccc(O)c3c2CC2CC4C(N(C)C)C(=O)C(C(N)=O)=C(O)C4(O)C(=O)C2=C3O)cc1. The number of benzene rings is 2. The van der Waals surface area contributed by atoms with Crippen molar-refractivity contribution in [1.29, 1.82) is 0 Å². The Bertz CT molecular complexity index is 1690. The average molecular weight is 606 g/mol. The van der Waals surface area contributed by atoms with E-state index in [1.807, 2.05) is 0 Å². The first kappa shape index (κ1) is 30.4. The normalized spacial score (nSPS) is 24.4. The zero-order valence-corrected chi connectivity index (χ0v) is 24.1. The molecule has 7 N–H and O–H groups in total. The zero-order chi connectivity index (χ0) is 32.2. The molecule has 2 aromatic rings. The number of hydrogen-bond acceptors (Lipinski definition) is 11. The molecule has 13 nitrogen and oxygen atoms in total. The number of ether oxygens (including phenoxy) is 1. The number of hydrogen-bond donors (Lipinski definition) is 6. The highest BCUT2D eigenvalue weighted by molar-refractivity contribution is 6.24. The van der Waals surface area contributed by atoms with Gasteiger partial charge in [-0.1, -0.05) is 18.2 Å². The minimum absolute atomic E-state index is 0.0300. The van der Waals surface area contributed by atoms with Gasteiger partial charge in [0.1, 0.15) is 22.8 Å². The van der Waals surface area contributed by atoms with Crippen LogP contribution in [-0.4, -0.2) is 87.0 Å². The van der Waals surface area contributed by atoms with Crippen LogP contribution in [0.25, 0.3) is 16.9 Å². The molecular formula is C31H31N3O10. The molecule has 0 aliphatic heterocycles. The van der Waals surface area contributed by atoms with Crippen LogP contribution in [0.2, 0.25) is 0 Å². The first-order chi connectivity index (χ1) is 20.7. The van der Waals surface area contributed by atoms with Crippen LogP contribution in [0, 0.1) is 11.8 Å². The van der Waals surface area contributed by atoms with E-state index < -0.39 is 76.5 Å². The summed E-state index contributed by atoms with van der Waals surface area (Å²) in [4.78, 5) is 63.8. The third-order valence-electron chi connectivity index (χ3n) is 8.49. The summed E-state index contributed by atoms with van der Waals surface area (Å²) in [7, 11) is 3.07. The van der Waals surface area contributed by atoms with Crippen molar-refractivity contribution in [3.8, 4) is 16.9 Å². The van der Waals surface area contributed by atoms with Crippen molar-refractivity contribution >= 4 is 40.8 Å². The zero-order valence-electron chi connectivity index (χ0n) is 24.1. The van der Waals surface area contributed by atoms with Crippen molar-refractivity contribution in [3.05, 3.63) is 64.4 Å². The lowest BCUT2D eigenvalue weighted by molar-refractivity contribution is -0.153. The van der Waals surface area contributed by atoms with Gasteiger partial charge in [-0.25, -0.2) is 0 Å². The van der Waals surface area contributed by atoms with Crippen molar-refractivity contribution in [2.45, 2.75) is 31.4 Å². The van der Waals surface area contributed by atoms with Gasteiger partial charge in [0.2, 0.25) is 5.78 Å². The van der Waals surface area contributed by atoms with Crippen LogP contribution >= 0.6 is 0 Å². The number of amides is 2. The first-order valence-electron chi connectivity index (χ1n) is 13.7. The van der Waals surface area contributed by atoms with E-state index in [2.05, 4.69) is 10.1 Å². The van der Waals surface area contributed by atoms with Crippen molar-refractivity contribution in [2.24, 2.45) is 17.6 Å². The van der Waals surface area contributed by atoms with E-state index in [1.54, 1.807) is 30.3 Å². The molecule has 1 saturated carbocycles. The number of aliphatic hydroxyl groups excluding tert-OH is 2. The molecule has 1 fully saturated rings. The van der Waals surface area contributed by atoms with Gasteiger partial charge in [-0.3, -0.25) is 28.9 Å². The quantitative estimate of drug-likeness (QED) is 0.203. The third kappa shape index (κ3) is 4.70. The minimum atomic E-state index is -2.71. The summed E-state index contributed by atoms with van der Waals surface area (Å²) in [5, 5.41) is 47.5. The van der Waals surface area contributed by atoms with E-state index in [9.17, 15) is 44.4 Å². The summed E-state index contributed by atoms with van der Waals surface area (Å²) in [6, 6.07) is 8.44. The number of esters is 1. The number of carbonyl (C=O) groups is 5. The van der Waals surface area contributed by atoms with E-state index in [-0.39, 0.29) is 29.7 Å². The average Bonchev–Trinajstić information content (AvgIpc) is 2.94. The van der Waals surface area contributed by atoms with Crippen LogP contribution in [0.5, 0.6) is 5.75 Å². The Labute approximate surface area is 251 Å². The number of aromatic hydroxyl groups is 1. The topological polar surface area (TPSA) is 217 Å². The van der Waals surface area contributed by atoms with Crippen molar-refractivity contribution < 1.29 is 49.1 Å². The summed E-state index contributed by atoms with van der Waals surface area (Å²) in [5.41, 5.74) is 3.69. The van der Waals surface area contributed by atoms with Crippen LogP contribution in [0.4, 0.5) is 5.69 Å². The van der Waals surface area contributed by atoms with E-state index in [1.165, 1.54) is 32.0 Å². The predicted molar refractivity (Wildman–Crippen MR) is 155 cm³/mol. The van der Waals surface area contributed by atoms with Gasteiger partial charge < -0.3 is 36.2 Å². The lowest BCUT2D eigenvalue weighted by atomic mass is 9.57. The molecule has 2 aromatic carbocycles. The fourth-order valence-corrected chi connectivity index (χ4v) is 6.61. The molecule has 0 saturated heterocycles. The number of carbonyl (C=O) groups excluding carboxylic acids is 5. The number of nitrogens with zero attached hydrogens (tertiary/aromatic N) is 1. The van der Waals surface area contributed by atoms with Crippen molar-refractivity contribution in [2.75, 3.05) is 26.0 Å². The highest BCUT2D eigenvalue weighted by Gasteiger charge is 2.64. The third-order valence-corrected chi connectivity index (χ3v) is 8.49. The van der Waals surface area contributed by atoms with Gasteiger partial charge in [-0.05, 0) is 67.7 Å². The number of nitrogens with one attached hydrogen (secondary N) is 1. The molecule has 3 aliphatic rings. The second-order valence-electron chi connectivity index (χ2n) is 11.4. The molecule has 230 valence electrons. The van der Waals surface area contributed by atoms with Gasteiger partial charge in [-0.15, -0.1) is 0 Å². The number of aliphatic hydroxyl groups is 3. The Morgan fingerprint density at radius 1 is 1.07 bits per heavy atom. The maximum Gasteiger partial charge on any atom is 0.303 e. The lowest BCUT2D eigenvalue weighted by Crippen LogP contribution is -2.65. The van der Waals surface area contributed by atoms with Gasteiger partial charge in [0.15, 0.2) is 18.0 Å². The largest absolute Gasteiger partial charge is 0.508 e. The van der Waals surface area contributed by atoms with Gasteiger partial charge in [0.25, 0.3) is 11.8 Å². The highest BCUT2D eigenvalue weighted by Crippen LogP contribution is 2.53. The van der Waals surface area contributed by atoms with E-state index in [4.69, 9.17) is 5.73 Å². The summed E-state index contributed by atoms with van der Waals surface area (Å²) < 4.78 is 4.69. The molecule has 2 amide bonds. The number of rotatable bonds is 6. The number of fused-ring (bicyclic) bond motifs is 3. The highest BCUT2D eigenvalue weighted by atomic mass is 16.5. The number of Topliss-reactive ketones (excluding diaryl/α,β-unsaturated/α-hetero) is 2. The van der Waals surface area contributed by atoms with Crippen molar-refractivity contribution in [3.63, 3.8) is 0 Å². The molecule has 0 bridgehead atoms. The van der Waals surface area contributed by atoms with E-state index in [0.29, 0.717) is 22.4 Å². The van der Waals surface area contributed by atoms with Gasteiger partial charge >= 0.3 is 5.97 Å². The number of likely N-dealkylation sites (N-methyl/N-ethyl adjacent to an activating group) is 1. The van der Waals surface area contributed by atoms with Gasteiger partial charge in [0.05, 0.1) is 11.6 Å². The predicted octanol–water partition coefficient (Wildman–Crippen LogP) is 1.13. The fraction of sp³-hybridized carbons (Fsp3) is 0.323. The van der Waals surface area contributed by atoms with Crippen LogP contribution in [0.3, 0.4) is 0 Å². The molecule has 3 aliphatic carbocycles. The fourth-order valence-electron chi connectivity index (χ4n) is 6.61. The summed E-state index contributed by atoms with van der Waals surface area (Å²) in [5.74, 6) is -8.30. The number of primary amides is 1. The van der Waals surface area contributed by atoms with Crippen LogP contribution in [0.15, 0.2) is 53.3 Å². The number of ketones is 2.